The summed E-state index contributed by atoms with van der Waals surface area (Å²) in [5.41, 5.74) is 1.50. The molecule has 3 heteroatoms. The standard InChI is InChI=1S/C18H16O3/c1-2-20-18-13-16(14-19)10-11-17(18)21-12-6-9-15-7-4-3-5-8-15/h3-5,7-8,10-11,13-14H,2,12H2,1H3. The highest BCUT2D eigenvalue weighted by Crippen LogP contribution is 2.27. The number of carbonyl (C=O) groups excluding carboxylic acids is 1. The lowest BCUT2D eigenvalue weighted by atomic mass is 10.2. The summed E-state index contributed by atoms with van der Waals surface area (Å²) < 4.78 is 11.1. The van der Waals surface area contributed by atoms with Crippen molar-refractivity contribution in [2.45, 2.75) is 6.92 Å². The second kappa shape index (κ2) is 7.76. The van der Waals surface area contributed by atoms with E-state index in [2.05, 4.69) is 11.8 Å². The van der Waals surface area contributed by atoms with Crippen molar-refractivity contribution in [3.63, 3.8) is 0 Å². The summed E-state index contributed by atoms with van der Waals surface area (Å²) in [6.45, 7) is 2.65. The molecular weight excluding hydrogens is 264 g/mol. The molecule has 2 aromatic rings. The van der Waals surface area contributed by atoms with Crippen LogP contribution in [0.3, 0.4) is 0 Å². The first kappa shape index (κ1) is 14.7. The van der Waals surface area contributed by atoms with Gasteiger partial charge in [-0.15, -0.1) is 0 Å². The molecule has 0 radical (unpaired) electrons. The van der Waals surface area contributed by atoms with Crippen LogP contribution in [0.15, 0.2) is 48.5 Å². The fraction of sp³-hybridized carbons (Fsp3) is 0.167. The van der Waals surface area contributed by atoms with Gasteiger partial charge in [-0.05, 0) is 37.3 Å². The number of aldehydes is 1. The third-order valence-corrected chi connectivity index (χ3v) is 2.71. The van der Waals surface area contributed by atoms with Gasteiger partial charge in [-0.1, -0.05) is 30.0 Å². The molecule has 0 heterocycles. The van der Waals surface area contributed by atoms with Crippen LogP contribution in [0.5, 0.6) is 11.5 Å². The monoisotopic (exact) mass is 280 g/mol. The van der Waals surface area contributed by atoms with Crippen LogP contribution in [0.2, 0.25) is 0 Å². The van der Waals surface area contributed by atoms with E-state index in [1.54, 1.807) is 18.2 Å². The molecule has 2 aromatic carbocycles. The minimum Gasteiger partial charge on any atom is -0.490 e. The van der Waals surface area contributed by atoms with Crippen LogP contribution in [0.1, 0.15) is 22.8 Å². The van der Waals surface area contributed by atoms with E-state index in [9.17, 15) is 4.79 Å². The molecule has 0 aliphatic heterocycles. The lowest BCUT2D eigenvalue weighted by Crippen LogP contribution is -2.00. The topological polar surface area (TPSA) is 35.5 Å². The smallest absolute Gasteiger partial charge is 0.162 e. The maximum absolute atomic E-state index is 10.8. The fourth-order valence-electron chi connectivity index (χ4n) is 1.76. The maximum Gasteiger partial charge on any atom is 0.162 e. The summed E-state index contributed by atoms with van der Waals surface area (Å²) in [5.74, 6) is 7.11. The summed E-state index contributed by atoms with van der Waals surface area (Å²) in [7, 11) is 0. The number of ether oxygens (including phenoxy) is 2. The van der Waals surface area contributed by atoms with Gasteiger partial charge in [0.25, 0.3) is 0 Å². The Hall–Kier alpha value is -2.73. The normalized spacial score (nSPS) is 9.38. The molecule has 0 N–H and O–H groups in total. The fourth-order valence-corrected chi connectivity index (χ4v) is 1.76. The molecule has 0 fully saturated rings. The van der Waals surface area contributed by atoms with Gasteiger partial charge in [-0.2, -0.15) is 0 Å². The SMILES string of the molecule is CCOc1cc(C=O)ccc1OCC#Cc1ccccc1. The van der Waals surface area contributed by atoms with Crippen molar-refractivity contribution in [3.8, 4) is 23.3 Å². The molecule has 0 aliphatic rings. The van der Waals surface area contributed by atoms with E-state index >= 15 is 0 Å². The summed E-state index contributed by atoms with van der Waals surface area (Å²) >= 11 is 0. The van der Waals surface area contributed by atoms with Gasteiger partial charge in [0, 0.05) is 11.1 Å². The van der Waals surface area contributed by atoms with Crippen molar-refractivity contribution in [1.29, 1.82) is 0 Å². The van der Waals surface area contributed by atoms with Crippen molar-refractivity contribution in [1.82, 2.24) is 0 Å². The molecule has 0 aliphatic carbocycles. The Morgan fingerprint density at radius 1 is 1.05 bits per heavy atom. The average Bonchev–Trinajstić information content (AvgIpc) is 2.54. The zero-order valence-corrected chi connectivity index (χ0v) is 11.8. The number of hydrogen-bond donors (Lipinski definition) is 0. The molecule has 3 nitrogen and oxygen atoms in total. The van der Waals surface area contributed by atoms with Gasteiger partial charge in [0.05, 0.1) is 6.61 Å². The van der Waals surface area contributed by atoms with Crippen LogP contribution >= 0.6 is 0 Å². The highest BCUT2D eigenvalue weighted by atomic mass is 16.5. The Morgan fingerprint density at radius 3 is 2.57 bits per heavy atom. The molecule has 0 amide bonds. The largest absolute Gasteiger partial charge is 0.490 e. The van der Waals surface area contributed by atoms with Crippen LogP contribution in [-0.2, 0) is 0 Å². The van der Waals surface area contributed by atoms with E-state index in [1.807, 2.05) is 37.3 Å². The molecule has 0 bridgehead atoms. The first-order valence-electron chi connectivity index (χ1n) is 6.72. The highest BCUT2D eigenvalue weighted by Gasteiger charge is 2.05. The first-order chi connectivity index (χ1) is 10.3. The molecule has 2 rings (SSSR count). The Morgan fingerprint density at radius 2 is 1.86 bits per heavy atom. The van der Waals surface area contributed by atoms with Gasteiger partial charge >= 0.3 is 0 Å². The van der Waals surface area contributed by atoms with Gasteiger partial charge in [0.2, 0.25) is 0 Å². The molecule has 0 spiro atoms. The number of rotatable bonds is 5. The molecule has 0 unspecified atom stereocenters. The van der Waals surface area contributed by atoms with Crippen molar-refractivity contribution < 1.29 is 14.3 Å². The van der Waals surface area contributed by atoms with Crippen molar-refractivity contribution in [2.75, 3.05) is 13.2 Å². The van der Waals surface area contributed by atoms with Crippen LogP contribution < -0.4 is 9.47 Å². The van der Waals surface area contributed by atoms with Gasteiger partial charge in [0.15, 0.2) is 11.5 Å². The molecule has 0 atom stereocenters. The molecule has 106 valence electrons. The van der Waals surface area contributed by atoms with Gasteiger partial charge in [-0.25, -0.2) is 0 Å². The van der Waals surface area contributed by atoms with E-state index in [0.717, 1.165) is 11.8 Å². The lowest BCUT2D eigenvalue weighted by molar-refractivity contribution is 0.112. The van der Waals surface area contributed by atoms with Crippen LogP contribution in [0.4, 0.5) is 0 Å². The predicted molar refractivity (Wildman–Crippen MR) is 81.8 cm³/mol. The van der Waals surface area contributed by atoms with E-state index in [1.165, 1.54) is 0 Å². The second-order valence-corrected chi connectivity index (χ2v) is 4.21. The van der Waals surface area contributed by atoms with Crippen LogP contribution in [0, 0.1) is 11.8 Å². The quantitative estimate of drug-likeness (QED) is 0.622. The molecular formula is C18H16O3. The highest BCUT2D eigenvalue weighted by molar-refractivity contribution is 5.76. The van der Waals surface area contributed by atoms with Crippen molar-refractivity contribution in [2.24, 2.45) is 0 Å². The van der Waals surface area contributed by atoms with Gasteiger partial charge < -0.3 is 9.47 Å². The van der Waals surface area contributed by atoms with E-state index in [0.29, 0.717) is 23.7 Å². The van der Waals surface area contributed by atoms with Crippen molar-refractivity contribution in [3.05, 3.63) is 59.7 Å². The summed E-state index contributed by atoms with van der Waals surface area (Å²) in [6.07, 6.45) is 0.779. The molecule has 21 heavy (non-hydrogen) atoms. The predicted octanol–water partition coefficient (Wildman–Crippen LogP) is 3.33. The Bertz CT molecular complexity index is 651. The summed E-state index contributed by atoms with van der Waals surface area (Å²) in [5, 5.41) is 0. The minimum absolute atomic E-state index is 0.259. The van der Waals surface area contributed by atoms with Crippen molar-refractivity contribution >= 4 is 6.29 Å². The van der Waals surface area contributed by atoms with Crippen LogP contribution in [0.25, 0.3) is 0 Å². The van der Waals surface area contributed by atoms with E-state index in [-0.39, 0.29) is 6.61 Å². The molecule has 0 saturated carbocycles. The first-order valence-corrected chi connectivity index (χ1v) is 6.72. The van der Waals surface area contributed by atoms with Crippen LogP contribution in [-0.4, -0.2) is 19.5 Å². The lowest BCUT2D eigenvalue weighted by Gasteiger charge is -2.10. The third kappa shape index (κ3) is 4.39. The number of hydrogen-bond acceptors (Lipinski definition) is 3. The second-order valence-electron chi connectivity index (χ2n) is 4.21. The van der Waals surface area contributed by atoms with E-state index < -0.39 is 0 Å². The molecule has 0 aromatic heterocycles. The number of carbonyl (C=O) groups is 1. The average molecular weight is 280 g/mol. The summed E-state index contributed by atoms with van der Waals surface area (Å²) in [4.78, 5) is 10.8. The molecule has 0 saturated heterocycles. The van der Waals surface area contributed by atoms with Gasteiger partial charge in [-0.3, -0.25) is 4.79 Å². The maximum atomic E-state index is 10.8. The van der Waals surface area contributed by atoms with E-state index in [4.69, 9.17) is 9.47 Å². The Labute approximate surface area is 124 Å². The Balaban J connectivity index is 2.03. The number of benzene rings is 2. The zero-order chi connectivity index (χ0) is 14.9. The summed E-state index contributed by atoms with van der Waals surface area (Å²) in [6, 6.07) is 14.8. The third-order valence-electron chi connectivity index (χ3n) is 2.71. The minimum atomic E-state index is 0.259. The Kier molecular flexibility index (Phi) is 5.42. The van der Waals surface area contributed by atoms with Gasteiger partial charge in [0.1, 0.15) is 12.9 Å². The zero-order valence-electron chi connectivity index (χ0n) is 11.8.